The van der Waals surface area contributed by atoms with Crippen LogP contribution in [-0.2, 0) is 11.2 Å². The van der Waals surface area contributed by atoms with Crippen molar-refractivity contribution in [1.82, 2.24) is 9.88 Å². The maximum atomic E-state index is 11.4. The first-order valence-corrected chi connectivity index (χ1v) is 8.50. The van der Waals surface area contributed by atoms with E-state index in [1.54, 1.807) is 0 Å². The second kappa shape index (κ2) is 6.65. The van der Waals surface area contributed by atoms with Gasteiger partial charge in [-0.2, -0.15) is 0 Å². The fourth-order valence-corrected chi connectivity index (χ4v) is 3.97. The molecule has 0 aromatic carbocycles. The molecule has 21 heavy (non-hydrogen) atoms. The lowest BCUT2D eigenvalue weighted by Gasteiger charge is -2.25. The molecule has 1 N–H and O–H groups in total. The Morgan fingerprint density at radius 2 is 2.24 bits per heavy atom. The normalized spacial score (nSPS) is 16.2. The Morgan fingerprint density at radius 1 is 1.43 bits per heavy atom. The lowest BCUT2D eigenvalue weighted by atomic mass is 10.3. The molecule has 1 saturated heterocycles. The molecule has 0 bridgehead atoms. The number of thiazole rings is 1. The lowest BCUT2D eigenvalue weighted by molar-refractivity contribution is 0.0384. The number of hydrogen-bond acceptors (Lipinski definition) is 6. The molecule has 0 saturated carbocycles. The van der Waals surface area contributed by atoms with Crippen LogP contribution in [0.2, 0.25) is 0 Å². The topological polar surface area (TPSA) is 62.7 Å². The number of ether oxygens (including phenoxy) is 1. The molecule has 3 rings (SSSR count). The molecular weight excluding hydrogens is 308 g/mol. The maximum Gasteiger partial charge on any atom is 0.348 e. The van der Waals surface area contributed by atoms with Gasteiger partial charge >= 0.3 is 5.97 Å². The molecule has 7 heteroatoms. The van der Waals surface area contributed by atoms with Crippen molar-refractivity contribution in [2.45, 2.75) is 6.42 Å². The van der Waals surface area contributed by atoms with Crippen LogP contribution in [-0.4, -0.2) is 53.8 Å². The number of carboxylic acids is 1. The number of carboxylic acid groups (broad SMARTS) is 1. The van der Waals surface area contributed by atoms with Crippen LogP contribution in [0.4, 0.5) is 0 Å². The Balaban J connectivity index is 1.74. The van der Waals surface area contributed by atoms with Crippen LogP contribution in [0.15, 0.2) is 17.5 Å². The van der Waals surface area contributed by atoms with Crippen molar-refractivity contribution in [3.8, 4) is 10.6 Å². The number of carbonyl (C=O) groups is 1. The Morgan fingerprint density at radius 3 is 2.90 bits per heavy atom. The minimum Gasteiger partial charge on any atom is -0.477 e. The van der Waals surface area contributed by atoms with Crippen LogP contribution in [0.5, 0.6) is 0 Å². The van der Waals surface area contributed by atoms with E-state index >= 15 is 0 Å². The van der Waals surface area contributed by atoms with Gasteiger partial charge in [0.1, 0.15) is 10.6 Å². The molecule has 112 valence electrons. The fraction of sp³-hybridized carbons (Fsp3) is 0.429. The van der Waals surface area contributed by atoms with Crippen LogP contribution >= 0.6 is 22.7 Å². The molecule has 0 unspecified atom stereocenters. The van der Waals surface area contributed by atoms with Crippen LogP contribution in [0.25, 0.3) is 10.6 Å². The summed E-state index contributed by atoms with van der Waals surface area (Å²) in [6.45, 7) is 4.33. The molecule has 1 aliphatic heterocycles. The summed E-state index contributed by atoms with van der Waals surface area (Å²) in [4.78, 5) is 19.5. The van der Waals surface area contributed by atoms with E-state index in [4.69, 9.17) is 4.74 Å². The first kappa shape index (κ1) is 14.6. The van der Waals surface area contributed by atoms with E-state index in [1.807, 2.05) is 17.5 Å². The van der Waals surface area contributed by atoms with Gasteiger partial charge in [-0.15, -0.1) is 22.7 Å². The molecule has 5 nitrogen and oxygen atoms in total. The van der Waals surface area contributed by atoms with Crippen LogP contribution in [0, 0.1) is 0 Å². The summed E-state index contributed by atoms with van der Waals surface area (Å²) in [5.74, 6) is -0.895. The van der Waals surface area contributed by atoms with Crippen LogP contribution in [0.3, 0.4) is 0 Å². The summed E-state index contributed by atoms with van der Waals surface area (Å²) in [6.07, 6.45) is 0.788. The minimum absolute atomic E-state index is 0.342. The van der Waals surface area contributed by atoms with Gasteiger partial charge in [-0.25, -0.2) is 9.78 Å². The average Bonchev–Trinajstić information content (AvgIpc) is 3.15. The van der Waals surface area contributed by atoms with Crippen molar-refractivity contribution < 1.29 is 14.6 Å². The van der Waals surface area contributed by atoms with Crippen molar-refractivity contribution in [1.29, 1.82) is 0 Å². The fourth-order valence-electron chi connectivity index (χ4n) is 2.28. The first-order valence-electron chi connectivity index (χ1n) is 6.81. The Kier molecular flexibility index (Phi) is 4.64. The Labute approximate surface area is 130 Å². The molecule has 0 aliphatic carbocycles. The van der Waals surface area contributed by atoms with Crippen molar-refractivity contribution in [3.05, 3.63) is 27.4 Å². The summed E-state index contributed by atoms with van der Waals surface area (Å²) in [7, 11) is 0. The van der Waals surface area contributed by atoms with Crippen molar-refractivity contribution >= 4 is 28.6 Å². The zero-order chi connectivity index (χ0) is 14.7. The largest absolute Gasteiger partial charge is 0.477 e. The van der Waals surface area contributed by atoms with Gasteiger partial charge in [0.15, 0.2) is 0 Å². The second-order valence-corrected chi connectivity index (χ2v) is 6.80. The molecule has 2 aromatic rings. The van der Waals surface area contributed by atoms with E-state index in [1.165, 1.54) is 22.7 Å². The molecule has 3 heterocycles. The monoisotopic (exact) mass is 324 g/mol. The smallest absolute Gasteiger partial charge is 0.348 e. The highest BCUT2D eigenvalue weighted by atomic mass is 32.1. The van der Waals surface area contributed by atoms with E-state index in [2.05, 4.69) is 9.88 Å². The number of hydrogen-bond donors (Lipinski definition) is 1. The van der Waals surface area contributed by atoms with E-state index in [0.29, 0.717) is 10.6 Å². The third kappa shape index (κ3) is 3.49. The highest BCUT2D eigenvalue weighted by Crippen LogP contribution is 2.31. The first-order chi connectivity index (χ1) is 10.2. The predicted molar refractivity (Wildman–Crippen MR) is 83.3 cm³/mol. The number of nitrogens with zero attached hydrogens (tertiary/aromatic N) is 2. The van der Waals surface area contributed by atoms with Crippen molar-refractivity contribution in [2.75, 3.05) is 32.8 Å². The number of rotatable bonds is 5. The predicted octanol–water partition coefficient (Wildman–Crippen LogP) is 2.44. The number of morpholine rings is 1. The molecule has 0 spiro atoms. The van der Waals surface area contributed by atoms with Gasteiger partial charge in [0.25, 0.3) is 0 Å². The molecule has 0 radical (unpaired) electrons. The summed E-state index contributed by atoms with van der Waals surface area (Å²) >= 11 is 2.81. The number of aromatic nitrogens is 1. The molecular formula is C14H16N2O3S2. The molecule has 0 amide bonds. The third-order valence-corrected chi connectivity index (χ3v) is 5.35. The SMILES string of the molecule is O=C(O)c1sc(CCN2CCOCC2)nc1-c1cccs1. The van der Waals surface area contributed by atoms with E-state index < -0.39 is 5.97 Å². The second-order valence-electron chi connectivity index (χ2n) is 4.77. The number of aromatic carboxylic acids is 1. The molecule has 1 fully saturated rings. The lowest BCUT2D eigenvalue weighted by Crippen LogP contribution is -2.37. The van der Waals surface area contributed by atoms with Crippen LogP contribution < -0.4 is 0 Å². The Hall–Kier alpha value is -1.28. The van der Waals surface area contributed by atoms with E-state index in [-0.39, 0.29) is 0 Å². The summed E-state index contributed by atoms with van der Waals surface area (Å²) in [6, 6.07) is 3.83. The summed E-state index contributed by atoms with van der Waals surface area (Å²) in [5, 5.41) is 12.2. The quantitative estimate of drug-likeness (QED) is 0.915. The van der Waals surface area contributed by atoms with Gasteiger partial charge in [-0.3, -0.25) is 4.90 Å². The van der Waals surface area contributed by atoms with Gasteiger partial charge in [0.05, 0.1) is 23.1 Å². The summed E-state index contributed by atoms with van der Waals surface area (Å²) < 4.78 is 5.32. The summed E-state index contributed by atoms with van der Waals surface area (Å²) in [5.41, 5.74) is 0.611. The average molecular weight is 324 g/mol. The third-order valence-electron chi connectivity index (χ3n) is 3.37. The minimum atomic E-state index is -0.895. The standard InChI is InChI=1S/C14H16N2O3S2/c17-14(18)13-12(10-2-1-9-20-10)15-11(21-13)3-4-16-5-7-19-8-6-16/h1-2,9H,3-8H2,(H,17,18). The molecule has 1 aliphatic rings. The van der Waals surface area contributed by atoms with Crippen molar-refractivity contribution in [2.24, 2.45) is 0 Å². The van der Waals surface area contributed by atoms with E-state index in [9.17, 15) is 9.90 Å². The van der Waals surface area contributed by atoms with Gasteiger partial charge in [-0.1, -0.05) is 6.07 Å². The molecule has 2 aromatic heterocycles. The van der Waals surface area contributed by atoms with Gasteiger partial charge in [-0.05, 0) is 11.4 Å². The van der Waals surface area contributed by atoms with E-state index in [0.717, 1.165) is 49.2 Å². The zero-order valence-corrected chi connectivity index (χ0v) is 13.1. The van der Waals surface area contributed by atoms with Gasteiger partial charge in [0.2, 0.25) is 0 Å². The van der Waals surface area contributed by atoms with Crippen molar-refractivity contribution in [3.63, 3.8) is 0 Å². The molecule has 0 atom stereocenters. The Bertz CT molecular complexity index is 604. The zero-order valence-electron chi connectivity index (χ0n) is 11.4. The highest BCUT2D eigenvalue weighted by Gasteiger charge is 2.20. The highest BCUT2D eigenvalue weighted by molar-refractivity contribution is 7.16. The van der Waals surface area contributed by atoms with Crippen LogP contribution in [0.1, 0.15) is 14.7 Å². The maximum absolute atomic E-state index is 11.4. The van der Waals surface area contributed by atoms with Gasteiger partial charge < -0.3 is 9.84 Å². The van der Waals surface area contributed by atoms with Gasteiger partial charge in [0, 0.05) is 26.1 Å². The number of thiophene rings is 1.